The molecule has 106 valence electrons. The minimum Gasteiger partial charge on any atom is -0.484 e. The molecular weight excluding hydrogens is 270 g/mol. The number of nitrogens with zero attached hydrogens (tertiary/aromatic N) is 1. The van der Waals surface area contributed by atoms with E-state index in [1.165, 1.54) is 12.1 Å². The van der Waals surface area contributed by atoms with E-state index in [0.717, 1.165) is 5.56 Å². The van der Waals surface area contributed by atoms with Crippen molar-refractivity contribution in [1.29, 1.82) is 0 Å². The second-order valence-electron chi connectivity index (χ2n) is 5.09. The number of Topliss-reactive ketones (excluding diaryl/α,β-unsaturated/α-hetero) is 1. The van der Waals surface area contributed by atoms with Crippen LogP contribution in [0.15, 0.2) is 42.5 Å². The number of nitro groups is 1. The van der Waals surface area contributed by atoms with Crippen LogP contribution in [0.2, 0.25) is 0 Å². The van der Waals surface area contributed by atoms with Gasteiger partial charge < -0.3 is 4.74 Å². The van der Waals surface area contributed by atoms with Crippen LogP contribution in [0, 0.1) is 17.0 Å². The number of hydrogen-bond acceptors (Lipinski definition) is 4. The first kappa shape index (κ1) is 13.3. The third-order valence-electron chi connectivity index (χ3n) is 3.53. The second kappa shape index (κ2) is 5.01. The van der Waals surface area contributed by atoms with Gasteiger partial charge in [0.25, 0.3) is 5.69 Å². The summed E-state index contributed by atoms with van der Waals surface area (Å²) in [6.07, 6.45) is -0.288. The van der Waals surface area contributed by atoms with Gasteiger partial charge in [-0.2, -0.15) is 0 Å². The fraction of sp³-hybridized carbons (Fsp3) is 0.188. The summed E-state index contributed by atoms with van der Waals surface area (Å²) in [5.74, 6) is 0.538. The van der Waals surface area contributed by atoms with Crippen molar-refractivity contribution in [2.45, 2.75) is 19.4 Å². The molecule has 1 unspecified atom stereocenters. The van der Waals surface area contributed by atoms with Crippen molar-refractivity contribution >= 4 is 11.5 Å². The lowest BCUT2D eigenvalue weighted by atomic mass is 9.95. The molecule has 0 aromatic heterocycles. The molecule has 0 spiro atoms. The molecule has 2 aromatic carbocycles. The van der Waals surface area contributed by atoms with E-state index in [0.29, 0.717) is 16.9 Å². The number of benzene rings is 2. The first-order valence-electron chi connectivity index (χ1n) is 6.59. The van der Waals surface area contributed by atoms with E-state index in [9.17, 15) is 14.9 Å². The Morgan fingerprint density at radius 2 is 2.05 bits per heavy atom. The maximum atomic E-state index is 12.2. The van der Waals surface area contributed by atoms with Crippen LogP contribution in [0.4, 0.5) is 5.69 Å². The number of carbonyl (C=O) groups excluding carboxylic acids is 1. The number of non-ortho nitro benzene ring substituents is 1. The lowest BCUT2D eigenvalue weighted by molar-refractivity contribution is -0.385. The third kappa shape index (κ3) is 2.50. The number of rotatable bonds is 2. The van der Waals surface area contributed by atoms with Crippen molar-refractivity contribution in [3.05, 3.63) is 69.3 Å². The second-order valence-corrected chi connectivity index (χ2v) is 5.09. The number of hydrogen-bond donors (Lipinski definition) is 0. The standard InChI is InChI=1S/C16H13NO4/c1-10-5-6-13-14(18)9-15(21-16(13)7-10)11-3-2-4-12(8-11)17(19)20/h2-8,15H,9H2,1H3. The molecule has 1 atom stereocenters. The van der Waals surface area contributed by atoms with Crippen LogP contribution in [0.5, 0.6) is 5.75 Å². The summed E-state index contributed by atoms with van der Waals surface area (Å²) in [5, 5.41) is 10.8. The zero-order valence-electron chi connectivity index (χ0n) is 11.4. The Bertz CT molecular complexity index is 739. The van der Waals surface area contributed by atoms with Gasteiger partial charge in [0.1, 0.15) is 11.9 Å². The van der Waals surface area contributed by atoms with Crippen LogP contribution in [-0.2, 0) is 0 Å². The Hall–Kier alpha value is -2.69. The van der Waals surface area contributed by atoms with E-state index in [4.69, 9.17) is 4.74 Å². The Morgan fingerprint density at radius 3 is 2.81 bits per heavy atom. The number of nitro benzene ring substituents is 1. The topological polar surface area (TPSA) is 69.4 Å². The molecule has 0 fully saturated rings. The molecule has 1 aliphatic heterocycles. The summed E-state index contributed by atoms with van der Waals surface area (Å²) < 4.78 is 5.86. The molecule has 0 saturated carbocycles. The lowest BCUT2D eigenvalue weighted by Crippen LogP contribution is -2.20. The van der Waals surface area contributed by atoms with Crippen molar-refractivity contribution in [2.24, 2.45) is 0 Å². The van der Waals surface area contributed by atoms with Crippen molar-refractivity contribution in [3.63, 3.8) is 0 Å². The van der Waals surface area contributed by atoms with E-state index in [1.807, 2.05) is 19.1 Å². The molecular formula is C16H13NO4. The van der Waals surface area contributed by atoms with E-state index in [2.05, 4.69) is 0 Å². The summed E-state index contributed by atoms with van der Waals surface area (Å²) in [7, 11) is 0. The van der Waals surface area contributed by atoms with Crippen LogP contribution < -0.4 is 4.74 Å². The molecule has 5 nitrogen and oxygen atoms in total. The number of carbonyl (C=O) groups is 1. The summed E-state index contributed by atoms with van der Waals surface area (Å²) >= 11 is 0. The van der Waals surface area contributed by atoms with Crippen molar-refractivity contribution < 1.29 is 14.5 Å². The van der Waals surface area contributed by atoms with E-state index < -0.39 is 11.0 Å². The van der Waals surface area contributed by atoms with E-state index >= 15 is 0 Å². The largest absolute Gasteiger partial charge is 0.484 e. The van der Waals surface area contributed by atoms with Crippen molar-refractivity contribution in [3.8, 4) is 5.75 Å². The molecule has 0 aliphatic carbocycles. The molecule has 1 aliphatic rings. The van der Waals surface area contributed by atoms with Gasteiger partial charge in [-0.25, -0.2) is 0 Å². The molecule has 0 radical (unpaired) electrons. The molecule has 3 rings (SSSR count). The summed E-state index contributed by atoms with van der Waals surface area (Å²) in [6.45, 7) is 1.92. The Kier molecular flexibility index (Phi) is 3.17. The highest BCUT2D eigenvalue weighted by Gasteiger charge is 2.28. The fourth-order valence-corrected chi connectivity index (χ4v) is 2.46. The van der Waals surface area contributed by atoms with Crippen LogP contribution in [0.1, 0.15) is 34.0 Å². The lowest BCUT2D eigenvalue weighted by Gasteiger charge is -2.25. The third-order valence-corrected chi connectivity index (χ3v) is 3.53. The fourth-order valence-electron chi connectivity index (χ4n) is 2.46. The molecule has 0 N–H and O–H groups in total. The Balaban J connectivity index is 1.97. The van der Waals surface area contributed by atoms with Crippen LogP contribution in [0.25, 0.3) is 0 Å². The van der Waals surface area contributed by atoms with Gasteiger partial charge in [-0.05, 0) is 30.2 Å². The molecule has 21 heavy (non-hydrogen) atoms. The van der Waals surface area contributed by atoms with Gasteiger partial charge in [0.2, 0.25) is 0 Å². The van der Waals surface area contributed by atoms with E-state index in [1.54, 1.807) is 18.2 Å². The minimum absolute atomic E-state index is 0.00131. The molecule has 2 aromatic rings. The van der Waals surface area contributed by atoms with Gasteiger partial charge in [-0.1, -0.05) is 18.2 Å². The average molecular weight is 283 g/mol. The first-order chi connectivity index (χ1) is 10.0. The van der Waals surface area contributed by atoms with Gasteiger partial charge in [0.15, 0.2) is 5.78 Å². The summed E-state index contributed by atoms with van der Waals surface area (Å²) in [6, 6.07) is 11.7. The van der Waals surface area contributed by atoms with Crippen molar-refractivity contribution in [2.75, 3.05) is 0 Å². The number of ether oxygens (including phenoxy) is 1. The Labute approximate surface area is 121 Å². The average Bonchev–Trinajstić information content (AvgIpc) is 2.46. The number of fused-ring (bicyclic) bond motifs is 1. The summed E-state index contributed by atoms with van der Waals surface area (Å²) in [4.78, 5) is 22.6. The monoisotopic (exact) mass is 283 g/mol. The van der Waals surface area contributed by atoms with Gasteiger partial charge in [0.05, 0.1) is 16.9 Å². The molecule has 0 bridgehead atoms. The number of ketones is 1. The minimum atomic E-state index is -0.480. The smallest absolute Gasteiger partial charge is 0.269 e. The molecule has 0 saturated heterocycles. The highest BCUT2D eigenvalue weighted by molar-refractivity contribution is 6.00. The van der Waals surface area contributed by atoms with Crippen LogP contribution in [-0.4, -0.2) is 10.7 Å². The maximum absolute atomic E-state index is 12.2. The van der Waals surface area contributed by atoms with Gasteiger partial charge in [0, 0.05) is 12.1 Å². The molecule has 1 heterocycles. The molecule has 0 amide bonds. The first-order valence-corrected chi connectivity index (χ1v) is 6.59. The zero-order valence-corrected chi connectivity index (χ0v) is 11.4. The summed E-state index contributed by atoms with van der Waals surface area (Å²) in [5.41, 5.74) is 2.21. The predicted octanol–water partition coefficient (Wildman–Crippen LogP) is 3.61. The van der Waals surface area contributed by atoms with Gasteiger partial charge >= 0.3 is 0 Å². The predicted molar refractivity (Wildman–Crippen MR) is 76.6 cm³/mol. The quantitative estimate of drug-likeness (QED) is 0.623. The highest BCUT2D eigenvalue weighted by Crippen LogP contribution is 2.36. The van der Waals surface area contributed by atoms with Crippen LogP contribution in [0.3, 0.4) is 0 Å². The SMILES string of the molecule is Cc1ccc2c(c1)OC(c1cccc([N+](=O)[O-])c1)CC2=O. The Morgan fingerprint density at radius 1 is 1.24 bits per heavy atom. The van der Waals surface area contributed by atoms with E-state index in [-0.39, 0.29) is 17.9 Å². The van der Waals surface area contributed by atoms with Gasteiger partial charge in [-0.3, -0.25) is 14.9 Å². The normalized spacial score (nSPS) is 17.0. The van der Waals surface area contributed by atoms with Gasteiger partial charge in [-0.15, -0.1) is 0 Å². The van der Waals surface area contributed by atoms with Crippen LogP contribution >= 0.6 is 0 Å². The van der Waals surface area contributed by atoms with Crippen molar-refractivity contribution in [1.82, 2.24) is 0 Å². The maximum Gasteiger partial charge on any atom is 0.269 e. The molecule has 5 heteroatoms. The highest BCUT2D eigenvalue weighted by atomic mass is 16.6. The zero-order chi connectivity index (χ0) is 15.0. The number of aryl methyl sites for hydroxylation is 1.